The van der Waals surface area contributed by atoms with Crippen molar-refractivity contribution in [3.8, 4) is 0 Å². The number of benzene rings is 2. The van der Waals surface area contributed by atoms with E-state index < -0.39 is 48.4 Å². The minimum Gasteiger partial charge on any atom is -0.480 e. The van der Waals surface area contributed by atoms with Gasteiger partial charge in [-0.05, 0) is 23.5 Å². The molecule has 2 aromatic rings. The number of amides is 3. The minimum atomic E-state index is -1.19. The predicted octanol–water partition coefficient (Wildman–Crippen LogP) is 1.02. The number of carboxylic acid groups (broad SMARTS) is 1. The summed E-state index contributed by atoms with van der Waals surface area (Å²) in [7, 11) is 0. The highest BCUT2D eigenvalue weighted by Gasteiger charge is 2.31. The van der Waals surface area contributed by atoms with Crippen LogP contribution in [0.4, 0.5) is 0 Å². The van der Waals surface area contributed by atoms with Crippen LogP contribution < -0.4 is 21.7 Å². The average molecular weight is 483 g/mol. The quantitative estimate of drug-likeness (QED) is 0.288. The van der Waals surface area contributed by atoms with Gasteiger partial charge in [0, 0.05) is 6.42 Å². The van der Waals surface area contributed by atoms with Gasteiger partial charge in [0.25, 0.3) is 0 Å². The van der Waals surface area contributed by atoms with Crippen molar-refractivity contribution in [1.82, 2.24) is 16.0 Å². The van der Waals surface area contributed by atoms with Crippen molar-refractivity contribution in [2.75, 3.05) is 6.54 Å². The molecule has 0 heterocycles. The van der Waals surface area contributed by atoms with Crippen LogP contribution in [0.3, 0.4) is 0 Å². The van der Waals surface area contributed by atoms with E-state index in [1.54, 1.807) is 24.3 Å². The molecule has 0 saturated carbocycles. The zero-order valence-corrected chi connectivity index (χ0v) is 20.1. The monoisotopic (exact) mass is 482 g/mol. The van der Waals surface area contributed by atoms with Gasteiger partial charge in [-0.15, -0.1) is 0 Å². The Kier molecular flexibility index (Phi) is 10.9. The van der Waals surface area contributed by atoms with E-state index in [-0.39, 0.29) is 12.3 Å². The van der Waals surface area contributed by atoms with Crippen LogP contribution in [0.25, 0.3) is 0 Å². The van der Waals surface area contributed by atoms with Crippen molar-refractivity contribution in [2.45, 2.75) is 51.2 Å². The Morgan fingerprint density at radius 1 is 0.829 bits per heavy atom. The third-order valence-electron chi connectivity index (χ3n) is 5.76. The average Bonchev–Trinajstić information content (AvgIpc) is 2.85. The fourth-order valence-corrected chi connectivity index (χ4v) is 3.53. The molecule has 0 bridgehead atoms. The van der Waals surface area contributed by atoms with Crippen molar-refractivity contribution >= 4 is 23.7 Å². The minimum absolute atomic E-state index is 0.159. The van der Waals surface area contributed by atoms with Crippen LogP contribution in [0, 0.1) is 5.92 Å². The Balaban J connectivity index is 2.13. The largest absolute Gasteiger partial charge is 0.480 e. The highest BCUT2D eigenvalue weighted by molar-refractivity contribution is 5.94. The van der Waals surface area contributed by atoms with Gasteiger partial charge in [0.15, 0.2) is 0 Å². The Bertz CT molecular complexity index is 984. The van der Waals surface area contributed by atoms with Crippen molar-refractivity contribution in [1.29, 1.82) is 0 Å². The molecule has 3 amide bonds. The van der Waals surface area contributed by atoms with Gasteiger partial charge in [0.2, 0.25) is 17.7 Å². The number of carbonyl (C=O) groups is 4. The van der Waals surface area contributed by atoms with Crippen LogP contribution in [0.1, 0.15) is 31.4 Å². The second-order valence-electron chi connectivity index (χ2n) is 8.53. The molecule has 0 aliphatic heterocycles. The summed E-state index contributed by atoms with van der Waals surface area (Å²) in [5.41, 5.74) is 7.79. The number of hydrogen-bond acceptors (Lipinski definition) is 5. The van der Waals surface area contributed by atoms with Gasteiger partial charge in [-0.25, -0.2) is 0 Å². The Morgan fingerprint density at radius 2 is 1.37 bits per heavy atom. The van der Waals surface area contributed by atoms with Gasteiger partial charge in [-0.3, -0.25) is 19.2 Å². The van der Waals surface area contributed by atoms with Crippen LogP contribution >= 0.6 is 0 Å². The molecular weight excluding hydrogens is 448 g/mol. The molecule has 0 aromatic heterocycles. The first-order valence-electron chi connectivity index (χ1n) is 11.6. The lowest BCUT2D eigenvalue weighted by Crippen LogP contribution is -2.58. The zero-order valence-electron chi connectivity index (χ0n) is 20.1. The van der Waals surface area contributed by atoms with Crippen molar-refractivity contribution in [2.24, 2.45) is 11.7 Å². The van der Waals surface area contributed by atoms with E-state index in [4.69, 9.17) is 10.8 Å². The molecular formula is C26H34N4O5. The number of nitrogens with one attached hydrogen (secondary N) is 3. The number of carboxylic acids is 1. The maximum Gasteiger partial charge on any atom is 0.322 e. The predicted molar refractivity (Wildman–Crippen MR) is 132 cm³/mol. The van der Waals surface area contributed by atoms with Crippen molar-refractivity contribution in [3.63, 3.8) is 0 Å². The molecule has 4 atom stereocenters. The first kappa shape index (κ1) is 27.5. The Labute approximate surface area is 205 Å². The maximum absolute atomic E-state index is 13.2. The second-order valence-corrected chi connectivity index (χ2v) is 8.53. The standard InChI is InChI=1S/C26H34N4O5/c1-3-17(2)23(30-24(33)20(27)14-18-10-6-4-7-11-18)26(35)29-21(25(34)28-16-22(31)32)15-19-12-8-5-9-13-19/h4-13,17,20-21,23H,3,14-16,27H2,1-2H3,(H,28,34)(H,29,35)(H,30,33)(H,31,32). The van der Waals surface area contributed by atoms with Crippen LogP contribution in [0.15, 0.2) is 60.7 Å². The van der Waals surface area contributed by atoms with Gasteiger partial charge in [0.1, 0.15) is 18.6 Å². The van der Waals surface area contributed by atoms with E-state index in [1.165, 1.54) is 0 Å². The van der Waals surface area contributed by atoms with Gasteiger partial charge in [0.05, 0.1) is 6.04 Å². The van der Waals surface area contributed by atoms with E-state index in [0.29, 0.717) is 12.8 Å². The lowest BCUT2D eigenvalue weighted by Gasteiger charge is -2.27. The molecule has 0 aliphatic rings. The summed E-state index contributed by atoms with van der Waals surface area (Å²) in [6.07, 6.45) is 1.07. The van der Waals surface area contributed by atoms with E-state index in [0.717, 1.165) is 11.1 Å². The fourth-order valence-electron chi connectivity index (χ4n) is 3.53. The van der Waals surface area contributed by atoms with Crippen molar-refractivity contribution in [3.05, 3.63) is 71.8 Å². The van der Waals surface area contributed by atoms with Crippen LogP contribution in [-0.4, -0.2) is 53.5 Å². The summed E-state index contributed by atoms with van der Waals surface area (Å²) in [4.78, 5) is 49.6. The van der Waals surface area contributed by atoms with Crippen LogP contribution in [-0.2, 0) is 32.0 Å². The fraction of sp³-hybridized carbons (Fsp3) is 0.385. The molecule has 0 spiro atoms. The van der Waals surface area contributed by atoms with Gasteiger partial charge in [-0.1, -0.05) is 80.9 Å². The summed E-state index contributed by atoms with van der Waals surface area (Å²) in [5.74, 6) is -3.06. The first-order valence-corrected chi connectivity index (χ1v) is 11.6. The zero-order chi connectivity index (χ0) is 25.8. The molecule has 2 rings (SSSR count). The number of rotatable bonds is 13. The van der Waals surface area contributed by atoms with E-state index in [9.17, 15) is 19.2 Å². The summed E-state index contributed by atoms with van der Waals surface area (Å²) in [6.45, 7) is 3.14. The summed E-state index contributed by atoms with van der Waals surface area (Å²) >= 11 is 0. The number of carbonyl (C=O) groups excluding carboxylic acids is 3. The van der Waals surface area contributed by atoms with E-state index >= 15 is 0 Å². The molecule has 0 saturated heterocycles. The lowest BCUT2D eigenvalue weighted by atomic mass is 9.96. The number of nitrogens with two attached hydrogens (primary N) is 1. The normalized spacial score (nSPS) is 14.1. The molecule has 9 heteroatoms. The second kappa shape index (κ2) is 13.9. The van der Waals surface area contributed by atoms with Crippen LogP contribution in [0.2, 0.25) is 0 Å². The molecule has 6 N–H and O–H groups in total. The molecule has 4 unspecified atom stereocenters. The van der Waals surface area contributed by atoms with Gasteiger partial charge >= 0.3 is 5.97 Å². The lowest BCUT2D eigenvalue weighted by molar-refractivity contribution is -0.138. The maximum atomic E-state index is 13.2. The summed E-state index contributed by atoms with van der Waals surface area (Å²) in [5, 5.41) is 16.7. The Hall–Kier alpha value is -3.72. The first-order chi connectivity index (χ1) is 16.7. The summed E-state index contributed by atoms with van der Waals surface area (Å²) < 4.78 is 0. The van der Waals surface area contributed by atoms with Crippen LogP contribution in [0.5, 0.6) is 0 Å². The van der Waals surface area contributed by atoms with E-state index in [1.807, 2.05) is 50.2 Å². The molecule has 2 aromatic carbocycles. The highest BCUT2D eigenvalue weighted by atomic mass is 16.4. The van der Waals surface area contributed by atoms with Crippen molar-refractivity contribution < 1.29 is 24.3 Å². The molecule has 0 radical (unpaired) electrons. The molecule has 188 valence electrons. The summed E-state index contributed by atoms with van der Waals surface area (Å²) in [6, 6.07) is 15.6. The number of aliphatic carboxylic acids is 1. The highest BCUT2D eigenvalue weighted by Crippen LogP contribution is 2.11. The topological polar surface area (TPSA) is 151 Å². The SMILES string of the molecule is CCC(C)C(NC(=O)C(N)Cc1ccccc1)C(=O)NC(Cc1ccccc1)C(=O)NCC(=O)O. The van der Waals surface area contributed by atoms with Gasteiger partial charge < -0.3 is 26.8 Å². The molecule has 0 aliphatic carbocycles. The number of hydrogen-bond donors (Lipinski definition) is 5. The van der Waals surface area contributed by atoms with Gasteiger partial charge in [-0.2, -0.15) is 0 Å². The molecule has 9 nitrogen and oxygen atoms in total. The third kappa shape index (κ3) is 9.21. The molecule has 0 fully saturated rings. The smallest absolute Gasteiger partial charge is 0.322 e. The Morgan fingerprint density at radius 3 is 1.89 bits per heavy atom. The molecule has 35 heavy (non-hydrogen) atoms. The van der Waals surface area contributed by atoms with E-state index in [2.05, 4.69) is 16.0 Å². The third-order valence-corrected chi connectivity index (χ3v) is 5.76.